The molecule has 0 atom stereocenters. The molecule has 0 unspecified atom stereocenters. The summed E-state index contributed by atoms with van der Waals surface area (Å²) in [7, 11) is 0. The molecule has 3 rings (SSSR count). The van der Waals surface area contributed by atoms with Crippen LogP contribution in [0, 0.1) is 11.3 Å². The van der Waals surface area contributed by atoms with Gasteiger partial charge >= 0.3 is 0 Å². The fraction of sp³-hybridized carbons (Fsp3) is 0.708. The van der Waals surface area contributed by atoms with Crippen molar-refractivity contribution in [2.24, 2.45) is 16.3 Å². The van der Waals surface area contributed by atoms with Crippen molar-refractivity contribution in [3.05, 3.63) is 29.8 Å². The lowest BCUT2D eigenvalue weighted by Crippen LogP contribution is -2.45. The zero-order valence-corrected chi connectivity index (χ0v) is 18.6. The van der Waals surface area contributed by atoms with E-state index in [1.165, 1.54) is 36.9 Å². The number of nitrogens with one attached hydrogen (secondary N) is 2. The Balaban J connectivity index is 1.52. The standard InChI is InChI=1S/C24H40N4O/c1-4-25-23(27-21-9-13-24(2,3)14-10-21)26-17-19-5-7-22(8-6-19)28-15-11-20(18-29)12-16-28/h5-8,20-21,29H,4,9-18H2,1-3H3,(H2,25,26,27). The van der Waals surface area contributed by atoms with Gasteiger partial charge in [-0.05, 0) is 74.5 Å². The summed E-state index contributed by atoms with van der Waals surface area (Å²) in [4.78, 5) is 7.26. The molecule has 1 aliphatic heterocycles. The number of aliphatic hydroxyl groups is 1. The zero-order chi connectivity index (χ0) is 20.7. The number of aliphatic imine (C=N–C) groups is 1. The summed E-state index contributed by atoms with van der Waals surface area (Å²) >= 11 is 0. The Kier molecular flexibility index (Phi) is 7.82. The van der Waals surface area contributed by atoms with E-state index in [1.54, 1.807) is 0 Å². The molecule has 1 aromatic rings. The molecule has 1 saturated carbocycles. The third-order valence-electron chi connectivity index (χ3n) is 6.62. The van der Waals surface area contributed by atoms with Gasteiger partial charge in [0.25, 0.3) is 0 Å². The Hall–Kier alpha value is -1.75. The van der Waals surface area contributed by atoms with Crippen LogP contribution < -0.4 is 15.5 Å². The minimum Gasteiger partial charge on any atom is -0.396 e. The van der Waals surface area contributed by atoms with E-state index in [0.717, 1.165) is 38.4 Å². The van der Waals surface area contributed by atoms with Crippen LogP contribution in [-0.2, 0) is 6.54 Å². The first-order valence-corrected chi connectivity index (χ1v) is 11.5. The molecular weight excluding hydrogens is 360 g/mol. The lowest BCUT2D eigenvalue weighted by atomic mass is 9.75. The highest BCUT2D eigenvalue weighted by Gasteiger charge is 2.27. The number of anilines is 1. The van der Waals surface area contributed by atoms with E-state index in [0.29, 0.717) is 30.5 Å². The number of hydrogen-bond donors (Lipinski definition) is 3. The van der Waals surface area contributed by atoms with E-state index < -0.39 is 0 Å². The Morgan fingerprint density at radius 1 is 1.10 bits per heavy atom. The summed E-state index contributed by atoms with van der Waals surface area (Å²) in [6, 6.07) is 9.36. The van der Waals surface area contributed by atoms with Gasteiger partial charge in [-0.1, -0.05) is 26.0 Å². The Morgan fingerprint density at radius 2 is 1.76 bits per heavy atom. The van der Waals surface area contributed by atoms with E-state index >= 15 is 0 Å². The van der Waals surface area contributed by atoms with Crippen LogP contribution in [0.5, 0.6) is 0 Å². The normalized spacial score (nSPS) is 21.2. The molecule has 5 nitrogen and oxygen atoms in total. The van der Waals surface area contributed by atoms with E-state index in [2.05, 4.69) is 60.6 Å². The van der Waals surface area contributed by atoms with Crippen LogP contribution in [0.3, 0.4) is 0 Å². The van der Waals surface area contributed by atoms with Crippen molar-refractivity contribution < 1.29 is 5.11 Å². The predicted octanol–water partition coefficient (Wildman–Crippen LogP) is 3.92. The van der Waals surface area contributed by atoms with Gasteiger partial charge in [0, 0.05) is 38.0 Å². The van der Waals surface area contributed by atoms with Gasteiger partial charge in [-0.25, -0.2) is 4.99 Å². The van der Waals surface area contributed by atoms with Crippen LogP contribution in [0.2, 0.25) is 0 Å². The first kappa shape index (κ1) is 21.9. The van der Waals surface area contributed by atoms with Crippen molar-refractivity contribution in [1.82, 2.24) is 10.6 Å². The summed E-state index contributed by atoms with van der Waals surface area (Å²) in [5.41, 5.74) is 3.01. The molecule has 1 saturated heterocycles. The molecular formula is C24H40N4O. The van der Waals surface area contributed by atoms with Crippen LogP contribution in [0.1, 0.15) is 64.9 Å². The predicted molar refractivity (Wildman–Crippen MR) is 122 cm³/mol. The molecule has 2 fully saturated rings. The maximum absolute atomic E-state index is 9.31. The molecule has 0 aromatic heterocycles. The number of aliphatic hydroxyl groups excluding tert-OH is 1. The molecule has 1 aromatic carbocycles. The highest BCUT2D eigenvalue weighted by Crippen LogP contribution is 2.35. The fourth-order valence-corrected chi connectivity index (χ4v) is 4.41. The second-order valence-electron chi connectivity index (χ2n) is 9.56. The summed E-state index contributed by atoms with van der Waals surface area (Å²) in [5, 5.41) is 16.4. The minimum absolute atomic E-state index is 0.325. The van der Waals surface area contributed by atoms with Gasteiger partial charge in [0.1, 0.15) is 0 Å². The molecule has 0 bridgehead atoms. The minimum atomic E-state index is 0.325. The molecule has 0 spiro atoms. The first-order valence-electron chi connectivity index (χ1n) is 11.5. The van der Waals surface area contributed by atoms with Gasteiger partial charge in [0.2, 0.25) is 0 Å². The van der Waals surface area contributed by atoms with Gasteiger partial charge < -0.3 is 20.6 Å². The highest BCUT2D eigenvalue weighted by molar-refractivity contribution is 5.80. The average Bonchev–Trinajstić information content (AvgIpc) is 2.74. The number of guanidine groups is 1. The van der Waals surface area contributed by atoms with E-state index in [4.69, 9.17) is 4.99 Å². The third-order valence-corrected chi connectivity index (χ3v) is 6.62. The zero-order valence-electron chi connectivity index (χ0n) is 18.6. The fourth-order valence-electron chi connectivity index (χ4n) is 4.41. The smallest absolute Gasteiger partial charge is 0.191 e. The van der Waals surface area contributed by atoms with Gasteiger partial charge in [-0.2, -0.15) is 0 Å². The molecule has 1 heterocycles. The molecule has 5 heteroatoms. The van der Waals surface area contributed by atoms with Gasteiger partial charge in [0.15, 0.2) is 5.96 Å². The second-order valence-corrected chi connectivity index (χ2v) is 9.56. The highest BCUT2D eigenvalue weighted by atomic mass is 16.3. The number of nitrogens with zero attached hydrogens (tertiary/aromatic N) is 2. The molecule has 0 radical (unpaired) electrons. The van der Waals surface area contributed by atoms with Gasteiger partial charge in [0.05, 0.1) is 6.54 Å². The average molecular weight is 401 g/mol. The monoisotopic (exact) mass is 400 g/mol. The number of piperidine rings is 1. The summed E-state index contributed by atoms with van der Waals surface area (Å²) in [6.45, 7) is 10.8. The van der Waals surface area contributed by atoms with Gasteiger partial charge in [-0.3, -0.25) is 0 Å². The topological polar surface area (TPSA) is 59.9 Å². The van der Waals surface area contributed by atoms with Crippen LogP contribution in [0.4, 0.5) is 5.69 Å². The maximum atomic E-state index is 9.31. The Morgan fingerprint density at radius 3 is 2.34 bits per heavy atom. The van der Waals surface area contributed by atoms with E-state index in [1.807, 2.05) is 0 Å². The molecule has 29 heavy (non-hydrogen) atoms. The van der Waals surface area contributed by atoms with Crippen molar-refractivity contribution in [2.75, 3.05) is 31.1 Å². The van der Waals surface area contributed by atoms with Crippen molar-refractivity contribution in [1.29, 1.82) is 0 Å². The molecule has 162 valence electrons. The first-order chi connectivity index (χ1) is 14.0. The number of benzene rings is 1. The summed E-state index contributed by atoms with van der Waals surface area (Å²) in [5.74, 6) is 1.42. The SMILES string of the molecule is CCNC(=NCc1ccc(N2CCC(CO)CC2)cc1)NC1CCC(C)(C)CC1. The second kappa shape index (κ2) is 10.3. The maximum Gasteiger partial charge on any atom is 0.191 e. The van der Waals surface area contributed by atoms with E-state index in [-0.39, 0.29) is 0 Å². The van der Waals surface area contributed by atoms with Crippen molar-refractivity contribution in [3.8, 4) is 0 Å². The number of rotatable bonds is 6. The lowest BCUT2D eigenvalue weighted by Gasteiger charge is -2.35. The largest absolute Gasteiger partial charge is 0.396 e. The van der Waals surface area contributed by atoms with Crippen LogP contribution in [0.25, 0.3) is 0 Å². The molecule has 2 aliphatic rings. The third kappa shape index (κ3) is 6.63. The molecule has 1 aliphatic carbocycles. The summed E-state index contributed by atoms with van der Waals surface area (Å²) in [6.07, 6.45) is 7.16. The Labute approximate surface area is 177 Å². The van der Waals surface area contributed by atoms with Crippen LogP contribution in [-0.4, -0.2) is 43.3 Å². The quantitative estimate of drug-likeness (QED) is 0.500. The number of hydrogen-bond acceptors (Lipinski definition) is 3. The lowest BCUT2D eigenvalue weighted by molar-refractivity contribution is 0.203. The summed E-state index contributed by atoms with van der Waals surface area (Å²) < 4.78 is 0. The molecule has 3 N–H and O–H groups in total. The van der Waals surface area contributed by atoms with E-state index in [9.17, 15) is 5.11 Å². The molecule has 0 amide bonds. The Bertz CT molecular complexity index is 637. The van der Waals surface area contributed by atoms with Crippen molar-refractivity contribution in [3.63, 3.8) is 0 Å². The van der Waals surface area contributed by atoms with Gasteiger partial charge in [-0.15, -0.1) is 0 Å². The van der Waals surface area contributed by atoms with Crippen molar-refractivity contribution in [2.45, 2.75) is 71.9 Å². The van der Waals surface area contributed by atoms with Crippen LogP contribution in [0.15, 0.2) is 29.3 Å². The van der Waals surface area contributed by atoms with Crippen LogP contribution >= 0.6 is 0 Å². The van der Waals surface area contributed by atoms with Crippen molar-refractivity contribution >= 4 is 11.6 Å².